The van der Waals surface area contributed by atoms with Gasteiger partial charge in [-0.2, -0.15) is 0 Å². The first-order chi connectivity index (χ1) is 8.19. The van der Waals surface area contributed by atoms with Crippen molar-refractivity contribution >= 4 is 0 Å². The van der Waals surface area contributed by atoms with Crippen LogP contribution in [0.1, 0.15) is 56.7 Å². The summed E-state index contributed by atoms with van der Waals surface area (Å²) in [6, 6.07) is 9.19. The van der Waals surface area contributed by atoms with Crippen molar-refractivity contribution in [3.05, 3.63) is 35.4 Å². The smallest absolute Gasteiger partial charge is 0.0513 e. The second kappa shape index (κ2) is 5.19. The molecule has 1 atom stereocenters. The Labute approximate surface area is 105 Å². The molecule has 1 aliphatic carbocycles. The van der Waals surface area contributed by atoms with Gasteiger partial charge in [0.15, 0.2) is 0 Å². The van der Waals surface area contributed by atoms with Crippen LogP contribution in [-0.2, 0) is 6.42 Å². The van der Waals surface area contributed by atoms with Crippen molar-refractivity contribution < 1.29 is 0 Å². The molecule has 1 aliphatic rings. The van der Waals surface area contributed by atoms with Gasteiger partial charge >= 0.3 is 0 Å². The second-order valence-corrected chi connectivity index (χ2v) is 5.56. The van der Waals surface area contributed by atoms with Gasteiger partial charge in [0.1, 0.15) is 0 Å². The number of hydrogen-bond acceptors (Lipinski definition) is 2. The molecule has 1 aromatic rings. The molecule has 0 saturated heterocycles. The quantitative estimate of drug-likeness (QED) is 0.617. The van der Waals surface area contributed by atoms with Crippen LogP contribution in [0.5, 0.6) is 0 Å². The van der Waals surface area contributed by atoms with E-state index in [0.29, 0.717) is 5.41 Å². The molecular weight excluding hydrogens is 208 g/mol. The van der Waals surface area contributed by atoms with E-state index < -0.39 is 0 Å². The summed E-state index contributed by atoms with van der Waals surface area (Å²) in [6.07, 6.45) is 6.32. The minimum absolute atomic E-state index is 0.288. The van der Waals surface area contributed by atoms with Gasteiger partial charge in [-0.3, -0.25) is 11.3 Å². The molecule has 0 aromatic heterocycles. The molecule has 1 unspecified atom stereocenters. The van der Waals surface area contributed by atoms with Crippen LogP contribution in [0.25, 0.3) is 0 Å². The van der Waals surface area contributed by atoms with E-state index in [1.165, 1.54) is 36.8 Å². The van der Waals surface area contributed by atoms with Gasteiger partial charge in [0.25, 0.3) is 0 Å². The van der Waals surface area contributed by atoms with Crippen molar-refractivity contribution in [1.29, 1.82) is 0 Å². The van der Waals surface area contributed by atoms with Crippen LogP contribution in [-0.4, -0.2) is 0 Å². The van der Waals surface area contributed by atoms with Gasteiger partial charge in [-0.15, -0.1) is 0 Å². The molecule has 1 saturated carbocycles. The number of hydrazine groups is 1. The standard InChI is InChI=1S/C15H24N2/c1-3-12-6-8-13(9-7-12)14(17-16)15(2)10-4-5-11-15/h6-9,14,17H,3-5,10-11,16H2,1-2H3. The fourth-order valence-corrected chi connectivity index (χ4v) is 3.12. The Balaban J connectivity index is 2.22. The average Bonchev–Trinajstić information content (AvgIpc) is 2.78. The van der Waals surface area contributed by atoms with E-state index in [4.69, 9.17) is 5.84 Å². The molecule has 94 valence electrons. The zero-order valence-electron chi connectivity index (χ0n) is 11.0. The number of rotatable bonds is 4. The van der Waals surface area contributed by atoms with Crippen LogP contribution < -0.4 is 11.3 Å². The van der Waals surface area contributed by atoms with Gasteiger partial charge in [0, 0.05) is 0 Å². The zero-order valence-corrected chi connectivity index (χ0v) is 11.0. The number of nitrogens with two attached hydrogens (primary N) is 1. The maximum atomic E-state index is 5.79. The van der Waals surface area contributed by atoms with Crippen molar-refractivity contribution in [2.75, 3.05) is 0 Å². The molecule has 17 heavy (non-hydrogen) atoms. The summed E-state index contributed by atoms with van der Waals surface area (Å²) < 4.78 is 0. The van der Waals surface area contributed by atoms with Gasteiger partial charge in [-0.05, 0) is 35.8 Å². The number of benzene rings is 1. The van der Waals surface area contributed by atoms with E-state index in [-0.39, 0.29) is 6.04 Å². The second-order valence-electron chi connectivity index (χ2n) is 5.56. The van der Waals surface area contributed by atoms with Crippen molar-refractivity contribution in [3.8, 4) is 0 Å². The summed E-state index contributed by atoms with van der Waals surface area (Å²) in [5, 5.41) is 0. The van der Waals surface area contributed by atoms with Crippen molar-refractivity contribution in [3.63, 3.8) is 0 Å². The molecule has 2 heteroatoms. The number of hydrogen-bond donors (Lipinski definition) is 2. The summed E-state index contributed by atoms with van der Waals surface area (Å²) in [4.78, 5) is 0. The first-order valence-corrected chi connectivity index (χ1v) is 6.74. The number of aryl methyl sites for hydroxylation is 1. The molecular formula is C15H24N2. The summed E-state index contributed by atoms with van der Waals surface area (Å²) in [7, 11) is 0. The largest absolute Gasteiger partial charge is 0.271 e. The summed E-state index contributed by atoms with van der Waals surface area (Å²) in [6.45, 7) is 4.55. The molecule has 3 N–H and O–H groups in total. The number of nitrogens with one attached hydrogen (secondary N) is 1. The Bertz CT molecular complexity index is 350. The average molecular weight is 232 g/mol. The third-order valence-electron chi connectivity index (χ3n) is 4.33. The molecule has 2 rings (SSSR count). The lowest BCUT2D eigenvalue weighted by Gasteiger charge is -2.34. The predicted molar refractivity (Wildman–Crippen MR) is 72.5 cm³/mol. The highest BCUT2D eigenvalue weighted by Gasteiger charge is 2.37. The van der Waals surface area contributed by atoms with E-state index in [2.05, 4.69) is 43.5 Å². The maximum Gasteiger partial charge on any atom is 0.0513 e. The molecule has 0 bridgehead atoms. The zero-order chi connectivity index (χ0) is 12.3. The Hall–Kier alpha value is -0.860. The SMILES string of the molecule is CCc1ccc(C(NN)C2(C)CCCC2)cc1. The molecule has 0 heterocycles. The Morgan fingerprint density at radius 1 is 1.24 bits per heavy atom. The van der Waals surface area contributed by atoms with Crippen LogP contribution in [0.2, 0.25) is 0 Å². The molecule has 0 amide bonds. The molecule has 1 aromatic carbocycles. The van der Waals surface area contributed by atoms with Crippen LogP contribution >= 0.6 is 0 Å². The normalized spacial score (nSPS) is 20.4. The van der Waals surface area contributed by atoms with E-state index in [1.807, 2.05) is 0 Å². The molecule has 0 radical (unpaired) electrons. The lowest BCUT2D eigenvalue weighted by Crippen LogP contribution is -2.38. The van der Waals surface area contributed by atoms with E-state index in [1.54, 1.807) is 0 Å². The molecule has 1 fully saturated rings. The van der Waals surface area contributed by atoms with E-state index in [0.717, 1.165) is 6.42 Å². The van der Waals surface area contributed by atoms with Crippen molar-refractivity contribution in [1.82, 2.24) is 5.43 Å². The maximum absolute atomic E-state index is 5.79. The molecule has 0 aliphatic heterocycles. The Morgan fingerprint density at radius 2 is 1.82 bits per heavy atom. The highest BCUT2D eigenvalue weighted by atomic mass is 15.2. The minimum atomic E-state index is 0.288. The Morgan fingerprint density at radius 3 is 2.29 bits per heavy atom. The summed E-state index contributed by atoms with van der Waals surface area (Å²) >= 11 is 0. The van der Waals surface area contributed by atoms with E-state index >= 15 is 0 Å². The third-order valence-corrected chi connectivity index (χ3v) is 4.33. The first kappa shape index (κ1) is 12.6. The van der Waals surface area contributed by atoms with Crippen LogP contribution in [0, 0.1) is 5.41 Å². The lowest BCUT2D eigenvalue weighted by atomic mass is 9.77. The Kier molecular flexibility index (Phi) is 3.85. The van der Waals surface area contributed by atoms with Gasteiger partial charge in [0.2, 0.25) is 0 Å². The van der Waals surface area contributed by atoms with Crippen LogP contribution in [0.4, 0.5) is 0 Å². The fourth-order valence-electron chi connectivity index (χ4n) is 3.12. The van der Waals surface area contributed by atoms with Crippen molar-refractivity contribution in [2.45, 2.75) is 52.0 Å². The van der Waals surface area contributed by atoms with E-state index in [9.17, 15) is 0 Å². The molecule has 0 spiro atoms. The third kappa shape index (κ3) is 2.53. The van der Waals surface area contributed by atoms with Gasteiger partial charge in [-0.1, -0.05) is 51.0 Å². The van der Waals surface area contributed by atoms with Gasteiger partial charge in [0.05, 0.1) is 6.04 Å². The minimum Gasteiger partial charge on any atom is -0.271 e. The van der Waals surface area contributed by atoms with Crippen LogP contribution in [0.15, 0.2) is 24.3 Å². The fraction of sp³-hybridized carbons (Fsp3) is 0.600. The summed E-state index contributed by atoms with van der Waals surface area (Å²) in [5.41, 5.74) is 6.08. The monoisotopic (exact) mass is 232 g/mol. The van der Waals surface area contributed by atoms with Gasteiger partial charge < -0.3 is 0 Å². The highest BCUT2D eigenvalue weighted by Crippen LogP contribution is 2.46. The van der Waals surface area contributed by atoms with Crippen molar-refractivity contribution in [2.24, 2.45) is 11.3 Å². The predicted octanol–water partition coefficient (Wildman–Crippen LogP) is 3.33. The lowest BCUT2D eigenvalue weighted by molar-refractivity contribution is 0.225. The van der Waals surface area contributed by atoms with Crippen LogP contribution in [0.3, 0.4) is 0 Å². The molecule has 2 nitrogen and oxygen atoms in total. The highest BCUT2D eigenvalue weighted by molar-refractivity contribution is 5.26. The first-order valence-electron chi connectivity index (χ1n) is 6.74. The summed E-state index contributed by atoms with van der Waals surface area (Å²) in [5.74, 6) is 5.79. The topological polar surface area (TPSA) is 38.0 Å². The van der Waals surface area contributed by atoms with Gasteiger partial charge in [-0.25, -0.2) is 0 Å².